The molecule has 23 heavy (non-hydrogen) atoms. The molecule has 1 aromatic rings. The molecule has 0 fully saturated rings. The van der Waals surface area contributed by atoms with E-state index >= 15 is 0 Å². The summed E-state index contributed by atoms with van der Waals surface area (Å²) in [6.45, 7) is 4.84. The van der Waals surface area contributed by atoms with Crippen LogP contribution < -0.4 is 9.47 Å². The van der Waals surface area contributed by atoms with Gasteiger partial charge in [0.05, 0.1) is 11.9 Å². The van der Waals surface area contributed by atoms with Gasteiger partial charge >= 0.3 is 29.6 Å². The molecule has 0 aliphatic carbocycles. The van der Waals surface area contributed by atoms with Gasteiger partial charge in [-0.2, -0.15) is 8.42 Å². The van der Waals surface area contributed by atoms with Crippen molar-refractivity contribution in [1.82, 2.24) is 0 Å². The van der Waals surface area contributed by atoms with Crippen molar-refractivity contribution >= 4 is 51.0 Å². The average Bonchev–Trinajstić information content (AvgIpc) is 2.88. The molecular weight excluding hydrogens is 351 g/mol. The Kier molecular flexibility index (Phi) is 8.85. The Bertz CT molecular complexity index is 572. The molecule has 1 aliphatic heterocycles. The van der Waals surface area contributed by atoms with Crippen LogP contribution in [0.15, 0.2) is 10.8 Å². The zero-order valence-corrected chi connectivity index (χ0v) is 14.4. The van der Waals surface area contributed by atoms with E-state index in [-0.39, 0.29) is 54.6 Å². The van der Waals surface area contributed by atoms with Crippen LogP contribution in [0.4, 0.5) is 0 Å². The molecule has 0 amide bonds. The first-order chi connectivity index (χ1) is 10.4. The Morgan fingerprint density at radius 1 is 1.39 bits per heavy atom. The third kappa shape index (κ3) is 6.89. The molecule has 0 saturated heterocycles. The van der Waals surface area contributed by atoms with E-state index in [9.17, 15) is 13.0 Å². The van der Waals surface area contributed by atoms with Gasteiger partial charge in [0.25, 0.3) is 10.1 Å². The Labute approximate surface area is 163 Å². The van der Waals surface area contributed by atoms with Crippen LogP contribution in [0.1, 0.15) is 26.7 Å². The molecule has 0 saturated carbocycles. The first-order valence-electron chi connectivity index (χ1n) is 7.26. The summed E-state index contributed by atoms with van der Waals surface area (Å²) in [7, 11) is -4.03. The maximum absolute atomic E-state index is 11.3. The van der Waals surface area contributed by atoms with E-state index in [0.29, 0.717) is 19.6 Å². The van der Waals surface area contributed by atoms with E-state index in [1.54, 1.807) is 0 Å². The molecule has 1 N–H and O–H groups in total. The fourth-order valence-corrected chi connectivity index (χ4v) is 3.98. The van der Waals surface area contributed by atoms with Crippen molar-refractivity contribution in [2.75, 3.05) is 19.8 Å². The molecule has 0 radical (unpaired) electrons. The molecular formula is C14H23NaO6S2. The van der Waals surface area contributed by atoms with Crippen molar-refractivity contribution in [1.29, 1.82) is 0 Å². The van der Waals surface area contributed by atoms with Gasteiger partial charge in [-0.1, -0.05) is 13.8 Å². The molecule has 1 aliphatic rings. The number of fused-ring (bicyclic) bond motifs is 1. The van der Waals surface area contributed by atoms with Gasteiger partial charge < -0.3 is 14.2 Å². The van der Waals surface area contributed by atoms with Gasteiger partial charge in [-0.05, 0) is 18.8 Å². The molecule has 2 atom stereocenters. The maximum atomic E-state index is 11.3. The normalized spacial score (nSPS) is 18.5. The van der Waals surface area contributed by atoms with Gasteiger partial charge in [0.15, 0.2) is 17.6 Å². The summed E-state index contributed by atoms with van der Waals surface area (Å²) in [5, 5.41) is 2.98. The molecule has 2 heterocycles. The van der Waals surface area contributed by atoms with Crippen molar-refractivity contribution in [3.8, 4) is 11.5 Å². The Hall–Kier alpha value is 0.170. The minimum atomic E-state index is -4.03. The van der Waals surface area contributed by atoms with E-state index in [0.717, 1.165) is 11.5 Å². The van der Waals surface area contributed by atoms with Crippen molar-refractivity contribution < 1.29 is 27.2 Å². The zero-order chi connectivity index (χ0) is 16.2. The monoisotopic (exact) mass is 374 g/mol. The second-order valence-electron chi connectivity index (χ2n) is 5.78. The molecule has 2 rings (SSSR count). The second kappa shape index (κ2) is 9.60. The molecule has 128 valence electrons. The summed E-state index contributed by atoms with van der Waals surface area (Å²) >= 11 is 1.51. The predicted octanol–water partition coefficient (Wildman–Crippen LogP) is 1.95. The topological polar surface area (TPSA) is 82.1 Å². The van der Waals surface area contributed by atoms with Crippen LogP contribution in [0, 0.1) is 5.92 Å². The van der Waals surface area contributed by atoms with Crippen LogP contribution in [0.25, 0.3) is 0 Å². The second-order valence-corrected chi connectivity index (χ2v) is 8.22. The summed E-state index contributed by atoms with van der Waals surface area (Å²) in [5.74, 6) is 1.67. The SMILES string of the molecule is CC(C)CC(CCOCC1COc2cscc2O1)S(=O)(=O)O.[NaH]. The fourth-order valence-electron chi connectivity index (χ4n) is 2.29. The summed E-state index contributed by atoms with van der Waals surface area (Å²) in [6.07, 6.45) is 0.494. The summed E-state index contributed by atoms with van der Waals surface area (Å²) in [6, 6.07) is 0. The minimum absolute atomic E-state index is 0. The van der Waals surface area contributed by atoms with Crippen LogP contribution >= 0.6 is 11.3 Å². The molecule has 9 heteroatoms. The van der Waals surface area contributed by atoms with Gasteiger partial charge in [-0.15, -0.1) is 11.3 Å². The molecule has 1 aromatic heterocycles. The number of hydrogen-bond acceptors (Lipinski definition) is 6. The number of ether oxygens (including phenoxy) is 3. The number of thiophene rings is 1. The van der Waals surface area contributed by atoms with Gasteiger partial charge in [0.2, 0.25) is 0 Å². The van der Waals surface area contributed by atoms with Crippen LogP contribution in [0.3, 0.4) is 0 Å². The van der Waals surface area contributed by atoms with Gasteiger partial charge in [-0.25, -0.2) is 0 Å². The summed E-state index contributed by atoms with van der Waals surface area (Å²) in [5.41, 5.74) is 0. The quantitative estimate of drug-likeness (QED) is 0.425. The Morgan fingerprint density at radius 3 is 2.74 bits per heavy atom. The van der Waals surface area contributed by atoms with Gasteiger partial charge in [0.1, 0.15) is 6.61 Å². The third-order valence-electron chi connectivity index (χ3n) is 3.35. The van der Waals surface area contributed by atoms with Crippen LogP contribution in [-0.2, 0) is 14.9 Å². The summed E-state index contributed by atoms with van der Waals surface area (Å²) in [4.78, 5) is 0. The summed E-state index contributed by atoms with van der Waals surface area (Å²) < 4.78 is 48.6. The van der Waals surface area contributed by atoms with Gasteiger partial charge in [-0.3, -0.25) is 4.55 Å². The van der Waals surface area contributed by atoms with E-state index < -0.39 is 15.4 Å². The Balaban J connectivity index is 0.00000264. The number of hydrogen-bond donors (Lipinski definition) is 1. The molecule has 0 spiro atoms. The van der Waals surface area contributed by atoms with Crippen LogP contribution in [0.2, 0.25) is 0 Å². The van der Waals surface area contributed by atoms with Crippen molar-refractivity contribution in [3.05, 3.63) is 10.8 Å². The van der Waals surface area contributed by atoms with Crippen molar-refractivity contribution in [2.24, 2.45) is 5.92 Å². The standard InChI is InChI=1S/C14H22O6S2.Na.H/c1-10(2)5-12(22(15,16)17)3-4-18-6-11-7-19-13-8-21-9-14(13)20-11;;/h8-12H,3-7H2,1-2H3,(H,15,16,17);;. The number of rotatable bonds is 8. The van der Waals surface area contributed by atoms with E-state index in [2.05, 4.69) is 0 Å². The average molecular weight is 374 g/mol. The van der Waals surface area contributed by atoms with Crippen molar-refractivity contribution in [2.45, 2.75) is 38.0 Å². The molecule has 6 nitrogen and oxygen atoms in total. The zero-order valence-electron chi connectivity index (χ0n) is 12.7. The van der Waals surface area contributed by atoms with Crippen LogP contribution in [-0.4, -0.2) is 73.7 Å². The van der Waals surface area contributed by atoms with E-state index in [1.165, 1.54) is 11.3 Å². The van der Waals surface area contributed by atoms with E-state index in [4.69, 9.17) is 14.2 Å². The van der Waals surface area contributed by atoms with E-state index in [1.807, 2.05) is 24.6 Å². The van der Waals surface area contributed by atoms with Crippen molar-refractivity contribution in [3.63, 3.8) is 0 Å². The van der Waals surface area contributed by atoms with Gasteiger partial charge in [0, 0.05) is 17.4 Å². The Morgan fingerprint density at radius 2 is 2.09 bits per heavy atom. The first kappa shape index (κ1) is 21.2. The molecule has 2 unspecified atom stereocenters. The molecule has 0 aromatic carbocycles. The fraction of sp³-hybridized carbons (Fsp3) is 0.714. The van der Waals surface area contributed by atoms with Crippen LogP contribution in [0.5, 0.6) is 11.5 Å². The molecule has 0 bridgehead atoms. The third-order valence-corrected chi connectivity index (χ3v) is 5.33. The first-order valence-corrected chi connectivity index (χ1v) is 9.70. The predicted molar refractivity (Wildman–Crippen MR) is 91.6 cm³/mol.